The number of anilines is 1. The first kappa shape index (κ1) is 14.4. The van der Waals surface area contributed by atoms with Crippen LogP contribution < -0.4 is 10.5 Å². The first-order valence-electron chi connectivity index (χ1n) is 5.34. The first-order chi connectivity index (χ1) is 8.88. The molecule has 0 amide bonds. The van der Waals surface area contributed by atoms with Crippen molar-refractivity contribution in [1.82, 2.24) is 9.71 Å². The van der Waals surface area contributed by atoms with Gasteiger partial charge in [0.1, 0.15) is 4.90 Å². The summed E-state index contributed by atoms with van der Waals surface area (Å²) in [6.45, 7) is 2.08. The molecule has 19 heavy (non-hydrogen) atoms. The molecule has 1 aromatic carbocycles. The summed E-state index contributed by atoms with van der Waals surface area (Å²) < 4.78 is 27.5. The van der Waals surface area contributed by atoms with E-state index in [0.29, 0.717) is 0 Å². The summed E-state index contributed by atoms with van der Waals surface area (Å²) in [5.41, 5.74) is 5.93. The highest BCUT2D eigenvalue weighted by Crippen LogP contribution is 2.23. The minimum Gasteiger partial charge on any atom is -0.398 e. The molecule has 0 aliphatic rings. The van der Waals surface area contributed by atoms with Crippen LogP contribution in [0.4, 0.5) is 5.69 Å². The molecule has 0 saturated carbocycles. The smallest absolute Gasteiger partial charge is 0.242 e. The fraction of sp³-hybridized carbons (Fsp3) is 0.182. The molecule has 0 atom stereocenters. The topological polar surface area (TPSA) is 85.1 Å². The molecular weight excluding hydrogens is 350 g/mol. The Labute approximate surface area is 124 Å². The van der Waals surface area contributed by atoms with Crippen molar-refractivity contribution < 1.29 is 8.42 Å². The maximum atomic E-state index is 12.1. The van der Waals surface area contributed by atoms with Crippen molar-refractivity contribution in [3.05, 3.63) is 38.8 Å². The molecular formula is C11H12BrN3O2S2. The maximum absolute atomic E-state index is 12.1. The number of aromatic nitrogens is 1. The minimum absolute atomic E-state index is 0.0805. The second kappa shape index (κ2) is 5.58. The Morgan fingerprint density at radius 3 is 2.79 bits per heavy atom. The lowest BCUT2D eigenvalue weighted by atomic mass is 10.3. The number of nitrogen functional groups attached to an aromatic ring is 1. The number of nitrogens with zero attached hydrogens (tertiary/aromatic N) is 1. The summed E-state index contributed by atoms with van der Waals surface area (Å²) in [5.74, 6) is 0. The van der Waals surface area contributed by atoms with Crippen LogP contribution in [0.5, 0.6) is 0 Å². The molecule has 0 fully saturated rings. The number of benzene rings is 1. The van der Waals surface area contributed by atoms with Crippen LogP contribution in [0, 0.1) is 6.92 Å². The number of thiazole rings is 1. The Balaban J connectivity index is 2.18. The Hall–Kier alpha value is -0.960. The highest BCUT2D eigenvalue weighted by Gasteiger charge is 2.17. The van der Waals surface area contributed by atoms with Crippen LogP contribution in [0.25, 0.3) is 0 Å². The SMILES string of the molecule is Cc1ncc(CNS(=O)(=O)c2ccc(Br)cc2N)s1. The molecule has 2 aromatic rings. The van der Waals surface area contributed by atoms with Gasteiger partial charge in [-0.05, 0) is 25.1 Å². The predicted molar refractivity (Wildman–Crippen MR) is 79.4 cm³/mol. The number of hydrogen-bond acceptors (Lipinski definition) is 5. The predicted octanol–water partition coefficient (Wildman–Crippen LogP) is 2.27. The van der Waals surface area contributed by atoms with Crippen LogP contribution >= 0.6 is 27.3 Å². The van der Waals surface area contributed by atoms with Gasteiger partial charge in [-0.3, -0.25) is 0 Å². The molecule has 8 heteroatoms. The molecule has 5 nitrogen and oxygen atoms in total. The van der Waals surface area contributed by atoms with E-state index < -0.39 is 10.0 Å². The monoisotopic (exact) mass is 361 g/mol. The largest absolute Gasteiger partial charge is 0.398 e. The average molecular weight is 362 g/mol. The fourth-order valence-electron chi connectivity index (χ4n) is 1.49. The zero-order valence-electron chi connectivity index (χ0n) is 10.1. The fourth-order valence-corrected chi connectivity index (χ4v) is 3.82. The third-order valence-corrected chi connectivity index (χ3v) is 5.25. The summed E-state index contributed by atoms with van der Waals surface area (Å²) in [6.07, 6.45) is 1.66. The van der Waals surface area contributed by atoms with Crippen LogP contribution in [-0.2, 0) is 16.6 Å². The van der Waals surface area contributed by atoms with Gasteiger partial charge in [0.2, 0.25) is 10.0 Å². The normalized spacial score (nSPS) is 11.7. The molecule has 0 spiro atoms. The molecule has 0 aliphatic heterocycles. The maximum Gasteiger partial charge on any atom is 0.242 e. The number of sulfonamides is 1. The summed E-state index contributed by atoms with van der Waals surface area (Å²) in [6, 6.07) is 4.67. The second-order valence-electron chi connectivity index (χ2n) is 3.85. The standard InChI is InChI=1S/C11H12BrN3O2S2/c1-7-14-5-9(18-7)6-15-19(16,17)11-3-2-8(12)4-10(11)13/h2-5,15H,6,13H2,1H3. The number of rotatable bonds is 4. The van der Waals surface area contributed by atoms with Gasteiger partial charge in [0.15, 0.2) is 0 Å². The number of nitrogens with one attached hydrogen (secondary N) is 1. The van der Waals surface area contributed by atoms with Gasteiger partial charge in [-0.1, -0.05) is 15.9 Å². The van der Waals surface area contributed by atoms with Crippen molar-refractivity contribution in [3.8, 4) is 0 Å². The Bertz CT molecular complexity index is 698. The summed E-state index contributed by atoms with van der Waals surface area (Å²) >= 11 is 4.69. The van der Waals surface area contributed by atoms with E-state index in [1.54, 1.807) is 18.3 Å². The van der Waals surface area contributed by atoms with Crippen LogP contribution in [0.2, 0.25) is 0 Å². The quantitative estimate of drug-likeness (QED) is 0.818. The van der Waals surface area contributed by atoms with Gasteiger partial charge in [0.25, 0.3) is 0 Å². The lowest BCUT2D eigenvalue weighted by molar-refractivity contribution is 0.582. The van der Waals surface area contributed by atoms with Crippen molar-refractivity contribution >= 4 is 43.0 Å². The number of hydrogen-bond donors (Lipinski definition) is 2. The first-order valence-corrected chi connectivity index (χ1v) is 8.44. The van der Waals surface area contributed by atoms with Gasteiger partial charge in [0.05, 0.1) is 10.7 Å². The lowest BCUT2D eigenvalue weighted by Crippen LogP contribution is -2.23. The zero-order valence-corrected chi connectivity index (χ0v) is 13.3. The van der Waals surface area contributed by atoms with Gasteiger partial charge in [-0.15, -0.1) is 11.3 Å². The molecule has 2 rings (SSSR count). The van der Waals surface area contributed by atoms with Crippen molar-refractivity contribution in [1.29, 1.82) is 0 Å². The van der Waals surface area contributed by atoms with E-state index in [2.05, 4.69) is 25.6 Å². The Morgan fingerprint density at radius 1 is 1.47 bits per heavy atom. The van der Waals surface area contributed by atoms with E-state index in [4.69, 9.17) is 5.73 Å². The molecule has 0 aliphatic carbocycles. The highest BCUT2D eigenvalue weighted by atomic mass is 79.9. The van der Waals surface area contributed by atoms with E-state index in [1.807, 2.05) is 6.92 Å². The van der Waals surface area contributed by atoms with Gasteiger partial charge < -0.3 is 5.73 Å². The molecule has 0 saturated heterocycles. The van der Waals surface area contributed by atoms with E-state index in [9.17, 15) is 8.42 Å². The molecule has 1 heterocycles. The summed E-state index contributed by atoms with van der Waals surface area (Å²) in [7, 11) is -3.61. The van der Waals surface area contributed by atoms with Crippen molar-refractivity contribution in [2.45, 2.75) is 18.4 Å². The van der Waals surface area contributed by atoms with Gasteiger partial charge >= 0.3 is 0 Å². The molecule has 0 bridgehead atoms. The third kappa shape index (κ3) is 3.53. The molecule has 0 unspecified atom stereocenters. The second-order valence-corrected chi connectivity index (χ2v) is 7.82. The number of nitrogens with two attached hydrogens (primary N) is 1. The summed E-state index contributed by atoms with van der Waals surface area (Å²) in [4.78, 5) is 5.01. The van der Waals surface area contributed by atoms with Crippen molar-refractivity contribution in [2.24, 2.45) is 0 Å². The Morgan fingerprint density at radius 2 is 2.21 bits per heavy atom. The minimum atomic E-state index is -3.61. The molecule has 0 radical (unpaired) electrons. The van der Waals surface area contributed by atoms with Gasteiger partial charge in [0, 0.05) is 22.1 Å². The van der Waals surface area contributed by atoms with Crippen LogP contribution in [0.3, 0.4) is 0 Å². The van der Waals surface area contributed by atoms with Crippen LogP contribution in [0.15, 0.2) is 33.8 Å². The molecule has 1 aromatic heterocycles. The average Bonchev–Trinajstić information content (AvgIpc) is 2.72. The zero-order chi connectivity index (χ0) is 14.0. The molecule has 102 valence electrons. The van der Waals surface area contributed by atoms with Crippen molar-refractivity contribution in [3.63, 3.8) is 0 Å². The van der Waals surface area contributed by atoms with Gasteiger partial charge in [-0.2, -0.15) is 0 Å². The van der Waals surface area contributed by atoms with Gasteiger partial charge in [-0.25, -0.2) is 18.1 Å². The number of halogens is 1. The van der Waals surface area contributed by atoms with E-state index in [0.717, 1.165) is 14.4 Å². The molecule has 3 N–H and O–H groups in total. The van der Waals surface area contributed by atoms with E-state index in [1.165, 1.54) is 17.4 Å². The van der Waals surface area contributed by atoms with E-state index >= 15 is 0 Å². The summed E-state index contributed by atoms with van der Waals surface area (Å²) in [5, 5.41) is 0.900. The van der Waals surface area contributed by atoms with E-state index in [-0.39, 0.29) is 17.1 Å². The highest BCUT2D eigenvalue weighted by molar-refractivity contribution is 9.10. The van der Waals surface area contributed by atoms with Crippen LogP contribution in [-0.4, -0.2) is 13.4 Å². The lowest BCUT2D eigenvalue weighted by Gasteiger charge is -2.08. The third-order valence-electron chi connectivity index (χ3n) is 2.37. The number of aryl methyl sites for hydroxylation is 1. The Kier molecular flexibility index (Phi) is 4.24. The van der Waals surface area contributed by atoms with Crippen LogP contribution in [0.1, 0.15) is 9.88 Å². The van der Waals surface area contributed by atoms with Crippen molar-refractivity contribution in [2.75, 3.05) is 5.73 Å².